The number of aromatic nitrogens is 2. The van der Waals surface area contributed by atoms with Crippen LogP contribution in [-0.2, 0) is 4.79 Å². The molecule has 2 aliphatic rings. The van der Waals surface area contributed by atoms with Gasteiger partial charge in [-0.05, 0) is 80.1 Å². The second-order valence-electron chi connectivity index (χ2n) is 9.73. The fourth-order valence-electron chi connectivity index (χ4n) is 5.30. The third-order valence-electron chi connectivity index (χ3n) is 7.48. The van der Waals surface area contributed by atoms with Gasteiger partial charge in [-0.3, -0.25) is 4.79 Å². The van der Waals surface area contributed by atoms with Gasteiger partial charge in [-0.25, -0.2) is 9.97 Å². The standard InChI is InChI=1S/C19H20Cl2N2O.C9H6Cl2N2/c20-14-7-8-15-13(6-9-16(21)22-15)17(14)23-18(24)19(10-11-19)12-4-2-1-3-5-12;10-6-2-3-7-5(9(6)12)1-4-8(11)13-7/h6-9,12H,1-5,10-11H2,(H,23,24);1-4H,12H2. The molecular weight excluding hydrogens is 550 g/mol. The maximum absolute atomic E-state index is 13.0. The molecule has 0 saturated heterocycles. The van der Waals surface area contributed by atoms with Crippen LogP contribution in [0.1, 0.15) is 44.9 Å². The van der Waals surface area contributed by atoms with Crippen molar-refractivity contribution in [3.05, 3.63) is 68.9 Å². The van der Waals surface area contributed by atoms with Crippen molar-refractivity contribution < 1.29 is 4.79 Å². The molecule has 37 heavy (non-hydrogen) atoms. The third kappa shape index (κ3) is 5.46. The number of amides is 1. The Bertz CT molecular complexity index is 1480. The molecule has 2 aromatic heterocycles. The van der Waals surface area contributed by atoms with Crippen LogP contribution >= 0.6 is 46.4 Å². The minimum absolute atomic E-state index is 0.124. The van der Waals surface area contributed by atoms with Crippen LogP contribution < -0.4 is 11.1 Å². The number of halogens is 4. The van der Waals surface area contributed by atoms with E-state index >= 15 is 0 Å². The lowest BCUT2D eigenvalue weighted by atomic mass is 9.77. The van der Waals surface area contributed by atoms with Gasteiger partial charge in [0.2, 0.25) is 5.91 Å². The molecule has 2 fully saturated rings. The highest BCUT2D eigenvalue weighted by molar-refractivity contribution is 6.36. The zero-order chi connectivity index (χ0) is 26.2. The molecule has 2 aliphatic carbocycles. The number of nitrogens with zero attached hydrogens (tertiary/aromatic N) is 2. The molecular formula is C28H26Cl4N4O. The summed E-state index contributed by atoms with van der Waals surface area (Å²) >= 11 is 23.9. The highest BCUT2D eigenvalue weighted by Gasteiger charge is 2.55. The molecule has 2 aromatic carbocycles. The number of anilines is 2. The van der Waals surface area contributed by atoms with Crippen LogP contribution in [0.15, 0.2) is 48.5 Å². The number of nitrogen functional groups attached to an aromatic ring is 1. The second-order valence-corrected chi connectivity index (χ2v) is 11.3. The smallest absolute Gasteiger partial charge is 0.230 e. The first-order chi connectivity index (χ1) is 17.8. The molecule has 0 aliphatic heterocycles. The molecule has 4 aromatic rings. The van der Waals surface area contributed by atoms with E-state index in [0.717, 1.165) is 34.6 Å². The minimum Gasteiger partial charge on any atom is -0.397 e. The lowest BCUT2D eigenvalue weighted by Gasteiger charge is -2.29. The largest absolute Gasteiger partial charge is 0.397 e. The predicted molar refractivity (Wildman–Crippen MR) is 155 cm³/mol. The molecule has 6 rings (SSSR count). The van der Waals surface area contributed by atoms with E-state index in [1.807, 2.05) is 18.2 Å². The summed E-state index contributed by atoms with van der Waals surface area (Å²) < 4.78 is 0. The van der Waals surface area contributed by atoms with Gasteiger partial charge in [0.15, 0.2) is 0 Å². The first-order valence-electron chi connectivity index (χ1n) is 12.3. The fraction of sp³-hybridized carbons (Fsp3) is 0.321. The summed E-state index contributed by atoms with van der Waals surface area (Å²) in [6.07, 6.45) is 8.14. The summed E-state index contributed by atoms with van der Waals surface area (Å²) in [6, 6.07) is 14.2. The number of benzene rings is 2. The molecule has 0 radical (unpaired) electrons. The van der Waals surface area contributed by atoms with Crippen LogP contribution in [0.4, 0.5) is 11.4 Å². The summed E-state index contributed by atoms with van der Waals surface area (Å²) in [5.74, 6) is 0.645. The Morgan fingerprint density at radius 2 is 1.35 bits per heavy atom. The molecule has 0 spiro atoms. The highest BCUT2D eigenvalue weighted by Crippen LogP contribution is 2.57. The lowest BCUT2D eigenvalue weighted by molar-refractivity contribution is -0.123. The van der Waals surface area contributed by atoms with E-state index in [9.17, 15) is 4.79 Å². The molecule has 1 amide bonds. The Hall–Kier alpha value is -2.31. The van der Waals surface area contributed by atoms with E-state index in [0.29, 0.717) is 37.6 Å². The quantitative estimate of drug-likeness (QED) is 0.189. The molecule has 0 unspecified atom stereocenters. The molecule has 0 bridgehead atoms. The number of fused-ring (bicyclic) bond motifs is 2. The van der Waals surface area contributed by atoms with Crippen molar-refractivity contribution in [2.75, 3.05) is 11.1 Å². The Balaban J connectivity index is 0.000000182. The zero-order valence-corrected chi connectivity index (χ0v) is 23.1. The van der Waals surface area contributed by atoms with E-state index in [-0.39, 0.29) is 11.3 Å². The number of carbonyl (C=O) groups is 1. The van der Waals surface area contributed by atoms with Crippen molar-refractivity contribution in [1.82, 2.24) is 9.97 Å². The molecule has 2 heterocycles. The van der Waals surface area contributed by atoms with E-state index in [2.05, 4.69) is 15.3 Å². The highest BCUT2D eigenvalue weighted by atomic mass is 35.5. The van der Waals surface area contributed by atoms with Crippen molar-refractivity contribution in [1.29, 1.82) is 0 Å². The van der Waals surface area contributed by atoms with Gasteiger partial charge in [-0.15, -0.1) is 0 Å². The summed E-state index contributed by atoms with van der Waals surface area (Å²) in [5.41, 5.74) is 8.28. The molecule has 192 valence electrons. The van der Waals surface area contributed by atoms with Crippen molar-refractivity contribution in [2.45, 2.75) is 44.9 Å². The van der Waals surface area contributed by atoms with Crippen LogP contribution in [0.2, 0.25) is 20.4 Å². The Morgan fingerprint density at radius 3 is 1.97 bits per heavy atom. The number of carbonyl (C=O) groups excluding carboxylic acids is 1. The first-order valence-corrected chi connectivity index (χ1v) is 13.9. The Morgan fingerprint density at radius 1 is 0.784 bits per heavy atom. The van der Waals surface area contributed by atoms with Gasteiger partial charge in [0.1, 0.15) is 10.3 Å². The van der Waals surface area contributed by atoms with E-state index < -0.39 is 0 Å². The van der Waals surface area contributed by atoms with Crippen LogP contribution in [-0.4, -0.2) is 15.9 Å². The average molecular weight is 576 g/mol. The van der Waals surface area contributed by atoms with E-state index in [1.165, 1.54) is 32.1 Å². The number of pyridine rings is 2. The van der Waals surface area contributed by atoms with Crippen LogP contribution in [0.3, 0.4) is 0 Å². The van der Waals surface area contributed by atoms with Crippen molar-refractivity contribution in [3.8, 4) is 0 Å². The van der Waals surface area contributed by atoms with Gasteiger partial charge >= 0.3 is 0 Å². The zero-order valence-electron chi connectivity index (χ0n) is 20.0. The van der Waals surface area contributed by atoms with Gasteiger partial charge < -0.3 is 11.1 Å². The van der Waals surface area contributed by atoms with Gasteiger partial charge in [-0.1, -0.05) is 65.7 Å². The number of rotatable bonds is 3. The Kier molecular flexibility index (Phi) is 7.69. The van der Waals surface area contributed by atoms with Crippen LogP contribution in [0.25, 0.3) is 21.8 Å². The Labute approximate surface area is 235 Å². The van der Waals surface area contributed by atoms with E-state index in [4.69, 9.17) is 52.1 Å². The maximum Gasteiger partial charge on any atom is 0.230 e. The van der Waals surface area contributed by atoms with Gasteiger partial charge in [0.05, 0.1) is 37.9 Å². The summed E-state index contributed by atoms with van der Waals surface area (Å²) in [7, 11) is 0. The minimum atomic E-state index is -0.175. The number of hydrogen-bond donors (Lipinski definition) is 2. The number of nitrogens with one attached hydrogen (secondary N) is 1. The second kappa shape index (κ2) is 10.8. The summed E-state index contributed by atoms with van der Waals surface area (Å²) in [5, 5.41) is 6.75. The van der Waals surface area contributed by atoms with Crippen LogP contribution in [0.5, 0.6) is 0 Å². The topological polar surface area (TPSA) is 80.9 Å². The number of hydrogen-bond acceptors (Lipinski definition) is 4. The molecule has 3 N–H and O–H groups in total. The summed E-state index contributed by atoms with van der Waals surface area (Å²) in [4.78, 5) is 21.5. The maximum atomic E-state index is 13.0. The summed E-state index contributed by atoms with van der Waals surface area (Å²) in [6.45, 7) is 0. The lowest BCUT2D eigenvalue weighted by Crippen LogP contribution is -2.32. The third-order valence-corrected chi connectivity index (χ3v) is 8.54. The monoisotopic (exact) mass is 574 g/mol. The molecule has 2 saturated carbocycles. The SMILES string of the molecule is Nc1c(Cl)ccc2nc(Cl)ccc12.O=C(Nc1c(Cl)ccc2nc(Cl)ccc12)C1(C2CCCCC2)CC1. The van der Waals surface area contributed by atoms with Crippen molar-refractivity contribution in [2.24, 2.45) is 11.3 Å². The fourth-order valence-corrected chi connectivity index (χ4v) is 5.99. The molecule has 5 nitrogen and oxygen atoms in total. The normalized spacial score (nSPS) is 16.8. The van der Waals surface area contributed by atoms with Crippen molar-refractivity contribution in [3.63, 3.8) is 0 Å². The van der Waals surface area contributed by atoms with Gasteiger partial charge in [-0.2, -0.15) is 0 Å². The average Bonchev–Trinajstić information content (AvgIpc) is 3.71. The number of nitrogens with two attached hydrogens (primary N) is 1. The molecule has 0 atom stereocenters. The first kappa shape index (κ1) is 26.3. The molecule has 9 heteroatoms. The van der Waals surface area contributed by atoms with Gasteiger partial charge in [0, 0.05) is 10.8 Å². The van der Waals surface area contributed by atoms with Gasteiger partial charge in [0.25, 0.3) is 0 Å². The van der Waals surface area contributed by atoms with Crippen LogP contribution in [0, 0.1) is 11.3 Å². The predicted octanol–water partition coefficient (Wildman–Crippen LogP) is 8.96. The van der Waals surface area contributed by atoms with E-state index in [1.54, 1.807) is 30.3 Å². The van der Waals surface area contributed by atoms with Crippen molar-refractivity contribution >= 4 is 85.5 Å².